The molecule has 1 fully saturated rings. The summed E-state index contributed by atoms with van der Waals surface area (Å²) in [6, 6.07) is 16.9. The molecule has 1 aromatic heterocycles. The van der Waals surface area contributed by atoms with Crippen molar-refractivity contribution in [1.29, 1.82) is 0 Å². The van der Waals surface area contributed by atoms with E-state index in [1.54, 1.807) is 0 Å². The lowest BCUT2D eigenvalue weighted by Crippen LogP contribution is -2.42. The molecule has 28 heavy (non-hydrogen) atoms. The number of nitrogens with one attached hydrogen (secondary N) is 1. The first kappa shape index (κ1) is 17.5. The molecule has 0 bridgehead atoms. The molecule has 4 nitrogen and oxygen atoms in total. The average Bonchev–Trinajstić information content (AvgIpc) is 3.29. The lowest BCUT2D eigenvalue weighted by molar-refractivity contribution is -0.119. The maximum absolute atomic E-state index is 12.9. The lowest BCUT2D eigenvalue weighted by atomic mass is 9.87. The minimum atomic E-state index is 0.242. The van der Waals surface area contributed by atoms with Gasteiger partial charge in [0.1, 0.15) is 0 Å². The van der Waals surface area contributed by atoms with E-state index in [9.17, 15) is 4.79 Å². The summed E-state index contributed by atoms with van der Waals surface area (Å²) in [5.41, 5.74) is 6.42. The van der Waals surface area contributed by atoms with Crippen LogP contribution in [0.1, 0.15) is 35.6 Å². The van der Waals surface area contributed by atoms with E-state index in [0.717, 1.165) is 44.6 Å². The van der Waals surface area contributed by atoms with Gasteiger partial charge in [0.2, 0.25) is 5.91 Å². The Kier molecular flexibility index (Phi) is 4.44. The van der Waals surface area contributed by atoms with E-state index < -0.39 is 0 Å². The van der Waals surface area contributed by atoms with Crippen molar-refractivity contribution < 1.29 is 4.79 Å². The van der Waals surface area contributed by atoms with Crippen LogP contribution in [-0.2, 0) is 11.2 Å². The van der Waals surface area contributed by atoms with Gasteiger partial charge in [-0.05, 0) is 68.5 Å². The Labute approximate surface area is 166 Å². The molecule has 0 aliphatic carbocycles. The Morgan fingerprint density at radius 1 is 1.04 bits per heavy atom. The Morgan fingerprint density at radius 3 is 2.64 bits per heavy atom. The summed E-state index contributed by atoms with van der Waals surface area (Å²) >= 11 is 0. The summed E-state index contributed by atoms with van der Waals surface area (Å²) in [5.74, 6) is 0.821. The van der Waals surface area contributed by atoms with Crippen molar-refractivity contribution >= 4 is 22.5 Å². The fourth-order valence-electron chi connectivity index (χ4n) is 5.08. The minimum absolute atomic E-state index is 0.242. The van der Waals surface area contributed by atoms with E-state index in [1.807, 2.05) is 11.0 Å². The molecule has 1 saturated heterocycles. The van der Waals surface area contributed by atoms with Gasteiger partial charge < -0.3 is 9.88 Å². The second kappa shape index (κ2) is 7.10. The Balaban J connectivity index is 1.24. The molecule has 4 heteroatoms. The third kappa shape index (κ3) is 3.02. The molecule has 3 heterocycles. The smallest absolute Gasteiger partial charge is 0.241 e. The molecule has 3 aromatic rings. The zero-order valence-electron chi connectivity index (χ0n) is 16.4. The van der Waals surface area contributed by atoms with Crippen LogP contribution in [0.5, 0.6) is 0 Å². The zero-order valence-corrected chi connectivity index (χ0v) is 16.4. The molecule has 0 spiro atoms. The number of fused-ring (bicyclic) bond motifs is 2. The van der Waals surface area contributed by atoms with Gasteiger partial charge >= 0.3 is 0 Å². The van der Waals surface area contributed by atoms with Gasteiger partial charge in [0.25, 0.3) is 0 Å². The van der Waals surface area contributed by atoms with Crippen LogP contribution >= 0.6 is 0 Å². The number of H-pyrrole nitrogens is 1. The molecule has 0 atom stereocenters. The molecule has 2 aromatic carbocycles. The maximum Gasteiger partial charge on any atom is 0.241 e. The number of para-hydroxylation sites is 2. The largest absolute Gasteiger partial charge is 0.358 e. The molecule has 0 radical (unpaired) electrons. The number of carbonyl (C=O) groups excluding carboxylic acids is 1. The molecule has 0 unspecified atom stereocenters. The van der Waals surface area contributed by atoms with Gasteiger partial charge in [-0.2, -0.15) is 0 Å². The Hall–Kier alpha value is -2.59. The quantitative estimate of drug-likeness (QED) is 0.746. The predicted octanol–water partition coefficient (Wildman–Crippen LogP) is 4.25. The van der Waals surface area contributed by atoms with Crippen molar-refractivity contribution in [3.8, 4) is 0 Å². The molecular weight excluding hydrogens is 346 g/mol. The van der Waals surface area contributed by atoms with Gasteiger partial charge in [0, 0.05) is 28.8 Å². The molecule has 1 N–H and O–H groups in total. The summed E-state index contributed by atoms with van der Waals surface area (Å²) in [4.78, 5) is 20.7. The first-order valence-corrected chi connectivity index (χ1v) is 10.4. The summed E-state index contributed by atoms with van der Waals surface area (Å²) in [6.45, 7) is 5.53. The summed E-state index contributed by atoms with van der Waals surface area (Å²) < 4.78 is 0. The van der Waals surface area contributed by atoms with E-state index in [4.69, 9.17) is 0 Å². The van der Waals surface area contributed by atoms with Crippen molar-refractivity contribution in [2.75, 3.05) is 31.1 Å². The highest BCUT2D eigenvalue weighted by molar-refractivity contribution is 5.96. The van der Waals surface area contributed by atoms with Crippen molar-refractivity contribution in [3.05, 3.63) is 65.4 Å². The number of hydrogen-bond acceptors (Lipinski definition) is 2. The third-order valence-corrected chi connectivity index (χ3v) is 6.49. The molecule has 2 aliphatic heterocycles. The van der Waals surface area contributed by atoms with Crippen molar-refractivity contribution in [3.63, 3.8) is 0 Å². The number of piperidine rings is 1. The van der Waals surface area contributed by atoms with Crippen molar-refractivity contribution in [2.45, 2.75) is 32.1 Å². The lowest BCUT2D eigenvalue weighted by Gasteiger charge is -2.33. The fraction of sp³-hybridized carbons (Fsp3) is 0.375. The highest BCUT2D eigenvalue weighted by atomic mass is 16.2. The minimum Gasteiger partial charge on any atom is -0.358 e. The van der Waals surface area contributed by atoms with Crippen LogP contribution < -0.4 is 4.90 Å². The topological polar surface area (TPSA) is 39.3 Å². The summed E-state index contributed by atoms with van der Waals surface area (Å²) in [6.07, 6.45) is 3.21. The summed E-state index contributed by atoms with van der Waals surface area (Å²) in [7, 11) is 0. The highest BCUT2D eigenvalue weighted by Gasteiger charge is 2.29. The third-order valence-electron chi connectivity index (χ3n) is 6.49. The molecular formula is C24H27N3O. The molecule has 1 amide bonds. The van der Waals surface area contributed by atoms with Crippen LogP contribution in [0.3, 0.4) is 0 Å². The van der Waals surface area contributed by atoms with Gasteiger partial charge in [0.15, 0.2) is 0 Å². The van der Waals surface area contributed by atoms with Crippen LogP contribution in [0.4, 0.5) is 5.69 Å². The molecule has 5 rings (SSSR count). The normalized spacial score (nSPS) is 18.0. The second-order valence-corrected chi connectivity index (χ2v) is 8.18. The van der Waals surface area contributed by atoms with Crippen LogP contribution in [0, 0.1) is 6.92 Å². The number of rotatable bonds is 3. The van der Waals surface area contributed by atoms with Gasteiger partial charge in [0.05, 0.1) is 6.54 Å². The number of amides is 1. The van der Waals surface area contributed by atoms with Crippen LogP contribution in [0.25, 0.3) is 10.9 Å². The molecule has 144 valence electrons. The van der Waals surface area contributed by atoms with Gasteiger partial charge in [-0.25, -0.2) is 0 Å². The highest BCUT2D eigenvalue weighted by Crippen LogP contribution is 2.35. The number of aromatic amines is 1. The summed E-state index contributed by atoms with van der Waals surface area (Å²) in [5, 5.41) is 1.36. The number of likely N-dealkylation sites (tertiary alicyclic amines) is 1. The van der Waals surface area contributed by atoms with E-state index in [-0.39, 0.29) is 5.91 Å². The number of anilines is 1. The molecule has 0 saturated carbocycles. The van der Waals surface area contributed by atoms with Crippen molar-refractivity contribution in [1.82, 2.24) is 9.88 Å². The average molecular weight is 374 g/mol. The standard InChI is InChI=1S/C24H27N3O/c1-17-24(20-7-3-4-8-21(20)25-17)19-10-13-26(14-11-19)16-23(28)27-15-12-18-6-2-5-9-22(18)27/h2-9,19,25H,10-16H2,1H3. The van der Waals surface area contributed by atoms with Crippen LogP contribution in [0.15, 0.2) is 48.5 Å². The number of hydrogen-bond donors (Lipinski definition) is 1. The maximum atomic E-state index is 12.9. The number of aromatic nitrogens is 1. The van der Waals surface area contributed by atoms with E-state index in [1.165, 1.54) is 27.7 Å². The Morgan fingerprint density at radius 2 is 1.79 bits per heavy atom. The van der Waals surface area contributed by atoms with E-state index >= 15 is 0 Å². The molecule has 2 aliphatic rings. The second-order valence-electron chi connectivity index (χ2n) is 8.18. The van der Waals surface area contributed by atoms with Crippen LogP contribution in [0.2, 0.25) is 0 Å². The Bertz CT molecular complexity index is 1010. The number of aryl methyl sites for hydroxylation is 1. The van der Waals surface area contributed by atoms with Gasteiger partial charge in [-0.15, -0.1) is 0 Å². The first-order chi connectivity index (χ1) is 13.7. The van der Waals surface area contributed by atoms with E-state index in [0.29, 0.717) is 12.5 Å². The monoisotopic (exact) mass is 373 g/mol. The predicted molar refractivity (Wildman–Crippen MR) is 114 cm³/mol. The SMILES string of the molecule is Cc1[nH]c2ccccc2c1C1CCN(CC(=O)N2CCc3ccccc32)CC1. The first-order valence-electron chi connectivity index (χ1n) is 10.4. The van der Waals surface area contributed by atoms with Crippen LogP contribution in [-0.4, -0.2) is 42.0 Å². The number of benzene rings is 2. The van der Waals surface area contributed by atoms with Crippen molar-refractivity contribution in [2.24, 2.45) is 0 Å². The zero-order chi connectivity index (χ0) is 19.1. The number of nitrogens with zero attached hydrogens (tertiary/aromatic N) is 2. The fourth-order valence-corrected chi connectivity index (χ4v) is 5.08. The van der Waals surface area contributed by atoms with E-state index in [2.05, 4.69) is 59.3 Å². The van der Waals surface area contributed by atoms with Gasteiger partial charge in [-0.3, -0.25) is 9.69 Å². The number of carbonyl (C=O) groups is 1. The van der Waals surface area contributed by atoms with Gasteiger partial charge in [-0.1, -0.05) is 36.4 Å².